The summed E-state index contributed by atoms with van der Waals surface area (Å²) in [5, 5.41) is 0. The van der Waals surface area contributed by atoms with E-state index in [1.165, 1.54) is 0 Å². The number of rotatable bonds is 3. The third kappa shape index (κ3) is 1.92. The van der Waals surface area contributed by atoms with Crippen LogP contribution in [0.25, 0.3) is 0 Å². The summed E-state index contributed by atoms with van der Waals surface area (Å²) in [5.41, 5.74) is 0.987. The fourth-order valence-electron chi connectivity index (χ4n) is 3.94. The number of carbonyl (C=O) groups is 1. The maximum atomic E-state index is 12.4. The van der Waals surface area contributed by atoms with Crippen LogP contribution in [0.3, 0.4) is 0 Å². The molecule has 21 heavy (non-hydrogen) atoms. The number of carbonyl (C=O) groups excluding carboxylic acids is 1. The van der Waals surface area contributed by atoms with E-state index in [2.05, 4.69) is 0 Å². The van der Waals surface area contributed by atoms with Crippen LogP contribution < -0.4 is 0 Å². The van der Waals surface area contributed by atoms with E-state index in [4.69, 9.17) is 8.92 Å². The van der Waals surface area contributed by atoms with Gasteiger partial charge in [-0.1, -0.05) is 17.7 Å². The second kappa shape index (κ2) is 4.30. The predicted octanol–water partition coefficient (Wildman–Crippen LogP) is 1.65. The number of ether oxygens (including phenoxy) is 1. The molecule has 1 heterocycles. The van der Waals surface area contributed by atoms with Gasteiger partial charge in [-0.3, -0.25) is 8.98 Å². The molecular weight excluding hydrogens is 292 g/mol. The third-order valence-electron chi connectivity index (χ3n) is 4.96. The Morgan fingerprint density at radius 1 is 1.19 bits per heavy atom. The molecule has 4 rings (SSSR count). The zero-order valence-corrected chi connectivity index (χ0v) is 12.4. The molecule has 0 amide bonds. The zero-order chi connectivity index (χ0) is 14.8. The second-order valence-electron chi connectivity index (χ2n) is 6.23. The van der Waals surface area contributed by atoms with Gasteiger partial charge in [-0.05, 0) is 37.8 Å². The average Bonchev–Trinajstić information content (AvgIpc) is 3.04. The van der Waals surface area contributed by atoms with Gasteiger partial charge in [-0.25, -0.2) is 0 Å². The molecule has 0 unspecified atom stereocenters. The van der Waals surface area contributed by atoms with Gasteiger partial charge in [0, 0.05) is 5.92 Å². The van der Waals surface area contributed by atoms with Crippen LogP contribution in [-0.2, 0) is 23.8 Å². The number of aryl methyl sites for hydroxylation is 1. The van der Waals surface area contributed by atoms with Crippen LogP contribution in [0.5, 0.6) is 0 Å². The van der Waals surface area contributed by atoms with E-state index in [0.29, 0.717) is 6.42 Å². The molecule has 2 aliphatic carbocycles. The Labute approximate surface area is 123 Å². The van der Waals surface area contributed by atoms with Crippen molar-refractivity contribution in [3.63, 3.8) is 0 Å². The first-order valence-corrected chi connectivity index (χ1v) is 8.57. The van der Waals surface area contributed by atoms with E-state index in [9.17, 15) is 13.2 Å². The molecule has 1 aliphatic heterocycles. The van der Waals surface area contributed by atoms with Crippen molar-refractivity contribution in [2.24, 2.45) is 17.8 Å². The molecule has 1 aromatic rings. The van der Waals surface area contributed by atoms with E-state index in [1.54, 1.807) is 24.3 Å². The molecule has 0 spiro atoms. The van der Waals surface area contributed by atoms with E-state index in [1.807, 2.05) is 6.92 Å². The largest absolute Gasteiger partial charge is 0.459 e. The number of hydrogen-bond donors (Lipinski definition) is 0. The molecule has 5 nitrogen and oxygen atoms in total. The van der Waals surface area contributed by atoms with Gasteiger partial charge >= 0.3 is 5.97 Å². The summed E-state index contributed by atoms with van der Waals surface area (Å²) >= 11 is 0. The zero-order valence-electron chi connectivity index (χ0n) is 11.6. The fourth-order valence-corrected chi connectivity index (χ4v) is 5.08. The summed E-state index contributed by atoms with van der Waals surface area (Å²) in [6, 6.07) is 6.56. The van der Waals surface area contributed by atoms with Crippen molar-refractivity contribution in [3.8, 4) is 0 Å². The van der Waals surface area contributed by atoms with Gasteiger partial charge in [-0.15, -0.1) is 0 Å². The standard InChI is InChI=1S/C15H16O5S/c1-8-2-4-10(5-3-8)21(17,18)20-13-9-6-11-12(7-9)15(16)19-14(11)13/h2-5,9,11-14H,6-7H2,1H3/t9-,11+,12-,13-,14+/m1/s1. The highest BCUT2D eigenvalue weighted by Gasteiger charge is 2.63. The van der Waals surface area contributed by atoms with Gasteiger partial charge in [0.2, 0.25) is 0 Å². The van der Waals surface area contributed by atoms with Crippen LogP contribution >= 0.6 is 0 Å². The molecule has 2 bridgehead atoms. The third-order valence-corrected chi connectivity index (χ3v) is 6.29. The van der Waals surface area contributed by atoms with Gasteiger partial charge < -0.3 is 4.74 Å². The van der Waals surface area contributed by atoms with Gasteiger partial charge in [-0.2, -0.15) is 8.42 Å². The van der Waals surface area contributed by atoms with Gasteiger partial charge in [0.05, 0.1) is 10.8 Å². The smallest absolute Gasteiger partial charge is 0.309 e. The molecule has 3 aliphatic rings. The van der Waals surface area contributed by atoms with E-state index in [-0.39, 0.29) is 34.7 Å². The van der Waals surface area contributed by atoms with Crippen molar-refractivity contribution in [1.29, 1.82) is 0 Å². The van der Waals surface area contributed by atoms with Crippen molar-refractivity contribution < 1.29 is 22.1 Å². The minimum Gasteiger partial charge on any atom is -0.459 e. The van der Waals surface area contributed by atoms with Crippen molar-refractivity contribution in [1.82, 2.24) is 0 Å². The Bertz CT molecular complexity index is 693. The molecule has 2 saturated carbocycles. The van der Waals surface area contributed by atoms with Crippen LogP contribution in [0.1, 0.15) is 18.4 Å². The van der Waals surface area contributed by atoms with Crippen LogP contribution in [0.15, 0.2) is 29.2 Å². The molecule has 1 saturated heterocycles. The van der Waals surface area contributed by atoms with Gasteiger partial charge in [0.15, 0.2) is 0 Å². The lowest BCUT2D eigenvalue weighted by Crippen LogP contribution is -2.36. The quantitative estimate of drug-likeness (QED) is 0.627. The molecule has 112 valence electrons. The lowest BCUT2D eigenvalue weighted by Gasteiger charge is -2.24. The Hall–Kier alpha value is -1.40. The highest BCUT2D eigenvalue weighted by molar-refractivity contribution is 7.86. The Morgan fingerprint density at radius 2 is 1.90 bits per heavy atom. The Kier molecular flexibility index (Phi) is 2.72. The summed E-state index contributed by atoms with van der Waals surface area (Å²) in [7, 11) is -3.82. The van der Waals surface area contributed by atoms with E-state index >= 15 is 0 Å². The molecular formula is C15H16O5S. The average molecular weight is 308 g/mol. The van der Waals surface area contributed by atoms with E-state index < -0.39 is 16.2 Å². The number of esters is 1. The number of fused-ring (bicyclic) bond motifs is 1. The minimum absolute atomic E-state index is 0.0399. The highest BCUT2D eigenvalue weighted by Crippen LogP contribution is 2.55. The van der Waals surface area contributed by atoms with Crippen molar-refractivity contribution in [3.05, 3.63) is 29.8 Å². The monoisotopic (exact) mass is 308 g/mol. The number of hydrogen-bond acceptors (Lipinski definition) is 5. The topological polar surface area (TPSA) is 69.7 Å². The van der Waals surface area contributed by atoms with Crippen molar-refractivity contribution in [2.75, 3.05) is 0 Å². The van der Waals surface area contributed by atoms with Gasteiger partial charge in [0.1, 0.15) is 12.2 Å². The summed E-state index contributed by atoms with van der Waals surface area (Å²) in [4.78, 5) is 11.8. The number of benzene rings is 1. The highest BCUT2D eigenvalue weighted by atomic mass is 32.2. The molecule has 0 radical (unpaired) electrons. The minimum atomic E-state index is -3.82. The van der Waals surface area contributed by atoms with Crippen LogP contribution in [0.2, 0.25) is 0 Å². The van der Waals surface area contributed by atoms with Crippen molar-refractivity contribution in [2.45, 2.75) is 36.9 Å². The normalized spacial score (nSPS) is 37.0. The molecule has 1 aromatic carbocycles. The first-order valence-electron chi connectivity index (χ1n) is 7.16. The Balaban J connectivity index is 1.59. The lowest BCUT2D eigenvalue weighted by atomic mass is 9.88. The SMILES string of the molecule is Cc1ccc(S(=O)(=O)O[C@@H]2[C@@H]3C[C@@H]4[C@@H]2OC(=O)[C@@H]4C3)cc1. The maximum Gasteiger partial charge on any atom is 0.309 e. The molecule has 3 fully saturated rings. The first-order chi connectivity index (χ1) is 9.95. The molecule has 5 atom stereocenters. The van der Waals surface area contributed by atoms with Crippen LogP contribution in [-0.4, -0.2) is 26.6 Å². The van der Waals surface area contributed by atoms with Crippen LogP contribution in [0.4, 0.5) is 0 Å². The summed E-state index contributed by atoms with van der Waals surface area (Å²) in [5.74, 6) is 0.0191. The fraction of sp³-hybridized carbons (Fsp3) is 0.533. The Morgan fingerprint density at radius 3 is 2.62 bits per heavy atom. The van der Waals surface area contributed by atoms with Gasteiger partial charge in [0.25, 0.3) is 10.1 Å². The second-order valence-corrected chi connectivity index (χ2v) is 7.80. The predicted molar refractivity (Wildman–Crippen MR) is 72.8 cm³/mol. The van der Waals surface area contributed by atoms with E-state index in [0.717, 1.165) is 12.0 Å². The lowest BCUT2D eigenvalue weighted by molar-refractivity contribution is -0.145. The van der Waals surface area contributed by atoms with Crippen molar-refractivity contribution >= 4 is 16.1 Å². The molecule has 6 heteroatoms. The maximum absolute atomic E-state index is 12.4. The molecule has 0 N–H and O–H groups in total. The van der Waals surface area contributed by atoms with Crippen LogP contribution in [0, 0.1) is 24.7 Å². The summed E-state index contributed by atoms with van der Waals surface area (Å²) in [6.07, 6.45) is 0.606. The first kappa shape index (κ1) is 13.3. The molecule has 0 aromatic heterocycles. The summed E-state index contributed by atoms with van der Waals surface area (Å²) in [6.45, 7) is 1.89. The summed E-state index contributed by atoms with van der Waals surface area (Å²) < 4.78 is 35.5.